The van der Waals surface area contributed by atoms with Crippen LogP contribution in [0.2, 0.25) is 0 Å². The first-order valence-electron chi connectivity index (χ1n) is 7.68. The molecule has 0 radical (unpaired) electrons. The van der Waals surface area contributed by atoms with Crippen LogP contribution in [0, 0.1) is 0 Å². The van der Waals surface area contributed by atoms with Gasteiger partial charge in [0.05, 0.1) is 0 Å². The summed E-state index contributed by atoms with van der Waals surface area (Å²) in [6.45, 7) is 11.8. The number of hydrogen-bond acceptors (Lipinski definition) is 3. The van der Waals surface area contributed by atoms with Crippen molar-refractivity contribution in [2.45, 2.75) is 65.1 Å². The standard InChI is InChI=1S/C15H31N3O/c1-6-16-13(4)11-15(19)17(5)14-7-9-18(10-8-14)12(2)3/h12-14,16H,6-11H2,1-5H3. The molecule has 4 heteroatoms. The predicted octanol–water partition coefficient (Wildman–Crippen LogP) is 1.71. The number of piperidine rings is 1. The molecule has 0 aromatic heterocycles. The van der Waals surface area contributed by atoms with E-state index in [1.54, 1.807) is 0 Å². The Kier molecular flexibility index (Phi) is 6.80. The van der Waals surface area contributed by atoms with Gasteiger partial charge in [0.25, 0.3) is 0 Å². The van der Waals surface area contributed by atoms with Crippen LogP contribution in [0.5, 0.6) is 0 Å². The highest BCUT2D eigenvalue weighted by atomic mass is 16.2. The maximum Gasteiger partial charge on any atom is 0.224 e. The molecule has 1 aliphatic heterocycles. The van der Waals surface area contributed by atoms with E-state index in [0.717, 1.165) is 32.5 Å². The van der Waals surface area contributed by atoms with Gasteiger partial charge in [-0.3, -0.25) is 4.79 Å². The maximum atomic E-state index is 12.2. The van der Waals surface area contributed by atoms with Crippen LogP contribution in [0.4, 0.5) is 0 Å². The van der Waals surface area contributed by atoms with Gasteiger partial charge in [-0.2, -0.15) is 0 Å². The molecule has 1 amide bonds. The topological polar surface area (TPSA) is 35.6 Å². The largest absolute Gasteiger partial charge is 0.343 e. The predicted molar refractivity (Wildman–Crippen MR) is 80.3 cm³/mol. The number of likely N-dealkylation sites (tertiary alicyclic amines) is 1. The average Bonchev–Trinajstić information content (AvgIpc) is 2.38. The number of nitrogens with one attached hydrogen (secondary N) is 1. The van der Waals surface area contributed by atoms with Crippen LogP contribution < -0.4 is 5.32 Å². The van der Waals surface area contributed by atoms with Crippen LogP contribution >= 0.6 is 0 Å². The second-order valence-electron chi connectivity index (χ2n) is 6.03. The van der Waals surface area contributed by atoms with Gasteiger partial charge in [0.2, 0.25) is 5.91 Å². The van der Waals surface area contributed by atoms with E-state index in [0.29, 0.717) is 18.5 Å². The molecule has 4 nitrogen and oxygen atoms in total. The summed E-state index contributed by atoms with van der Waals surface area (Å²) in [6.07, 6.45) is 2.82. The monoisotopic (exact) mass is 269 g/mol. The van der Waals surface area contributed by atoms with Crippen LogP contribution in [0.25, 0.3) is 0 Å². The number of amides is 1. The minimum Gasteiger partial charge on any atom is -0.343 e. The fourth-order valence-corrected chi connectivity index (χ4v) is 2.82. The smallest absolute Gasteiger partial charge is 0.224 e. The number of rotatable bonds is 6. The van der Waals surface area contributed by atoms with Gasteiger partial charge in [-0.05, 0) is 40.2 Å². The average molecular weight is 269 g/mol. The molecular formula is C15H31N3O. The van der Waals surface area contributed by atoms with Crippen LogP contribution in [-0.4, -0.2) is 60.5 Å². The van der Waals surface area contributed by atoms with Crippen molar-refractivity contribution in [3.8, 4) is 0 Å². The van der Waals surface area contributed by atoms with Crippen molar-refractivity contribution in [1.29, 1.82) is 0 Å². The summed E-state index contributed by atoms with van der Waals surface area (Å²) in [4.78, 5) is 16.7. The Morgan fingerprint density at radius 1 is 1.32 bits per heavy atom. The molecule has 1 rings (SSSR count). The Morgan fingerprint density at radius 2 is 1.89 bits per heavy atom. The van der Waals surface area contributed by atoms with E-state index in [1.807, 2.05) is 11.9 Å². The molecule has 0 spiro atoms. The quantitative estimate of drug-likeness (QED) is 0.797. The molecule has 1 aliphatic rings. The highest BCUT2D eigenvalue weighted by Gasteiger charge is 2.26. The van der Waals surface area contributed by atoms with Crippen LogP contribution in [-0.2, 0) is 4.79 Å². The van der Waals surface area contributed by atoms with E-state index in [1.165, 1.54) is 0 Å². The second kappa shape index (κ2) is 7.85. The fourth-order valence-electron chi connectivity index (χ4n) is 2.82. The van der Waals surface area contributed by atoms with Crippen LogP contribution in [0.1, 0.15) is 47.0 Å². The van der Waals surface area contributed by atoms with Gasteiger partial charge < -0.3 is 15.1 Å². The van der Waals surface area contributed by atoms with E-state index in [2.05, 4.69) is 37.9 Å². The van der Waals surface area contributed by atoms with Crippen molar-refractivity contribution in [1.82, 2.24) is 15.1 Å². The molecule has 0 bridgehead atoms. The molecule has 1 N–H and O–H groups in total. The minimum absolute atomic E-state index is 0.274. The van der Waals surface area contributed by atoms with Crippen LogP contribution in [0.15, 0.2) is 0 Å². The molecule has 1 heterocycles. The van der Waals surface area contributed by atoms with Gasteiger partial charge in [0, 0.05) is 44.7 Å². The first-order chi connectivity index (χ1) is 8.95. The van der Waals surface area contributed by atoms with Crippen molar-refractivity contribution in [2.75, 3.05) is 26.7 Å². The molecule has 0 aromatic carbocycles. The lowest BCUT2D eigenvalue weighted by Crippen LogP contribution is -2.48. The minimum atomic E-state index is 0.274. The normalized spacial score (nSPS) is 19.7. The van der Waals surface area contributed by atoms with Gasteiger partial charge in [-0.25, -0.2) is 0 Å². The maximum absolute atomic E-state index is 12.2. The molecule has 1 atom stereocenters. The van der Waals surface area contributed by atoms with Crippen molar-refractivity contribution < 1.29 is 4.79 Å². The van der Waals surface area contributed by atoms with E-state index in [4.69, 9.17) is 0 Å². The lowest BCUT2D eigenvalue weighted by molar-refractivity contribution is -0.133. The highest BCUT2D eigenvalue weighted by molar-refractivity contribution is 5.76. The third kappa shape index (κ3) is 5.11. The Balaban J connectivity index is 2.37. The second-order valence-corrected chi connectivity index (χ2v) is 6.03. The van der Waals surface area contributed by atoms with Gasteiger partial charge in [-0.1, -0.05) is 6.92 Å². The lowest BCUT2D eigenvalue weighted by atomic mass is 10.0. The Labute approximate surface area is 118 Å². The van der Waals surface area contributed by atoms with E-state index < -0.39 is 0 Å². The molecule has 1 fully saturated rings. The van der Waals surface area contributed by atoms with Gasteiger partial charge in [-0.15, -0.1) is 0 Å². The molecule has 0 aliphatic carbocycles. The van der Waals surface area contributed by atoms with E-state index in [-0.39, 0.29) is 11.9 Å². The molecule has 0 aromatic rings. The summed E-state index contributed by atoms with van der Waals surface area (Å²) in [5, 5.41) is 3.30. The first-order valence-corrected chi connectivity index (χ1v) is 7.68. The molecule has 1 unspecified atom stereocenters. The van der Waals surface area contributed by atoms with Crippen LogP contribution in [0.3, 0.4) is 0 Å². The third-order valence-corrected chi connectivity index (χ3v) is 4.20. The van der Waals surface area contributed by atoms with Gasteiger partial charge >= 0.3 is 0 Å². The number of carbonyl (C=O) groups excluding carboxylic acids is 1. The molecular weight excluding hydrogens is 238 g/mol. The van der Waals surface area contributed by atoms with Gasteiger partial charge in [0.1, 0.15) is 0 Å². The number of nitrogens with zero attached hydrogens (tertiary/aromatic N) is 2. The summed E-state index contributed by atoms with van der Waals surface area (Å²) in [5.41, 5.74) is 0. The zero-order chi connectivity index (χ0) is 14.4. The van der Waals surface area contributed by atoms with E-state index >= 15 is 0 Å². The first kappa shape index (κ1) is 16.4. The fraction of sp³-hybridized carbons (Fsp3) is 0.933. The van der Waals surface area contributed by atoms with Crippen molar-refractivity contribution in [3.63, 3.8) is 0 Å². The molecule has 0 saturated carbocycles. The molecule has 1 saturated heterocycles. The summed E-state index contributed by atoms with van der Waals surface area (Å²) in [6, 6.07) is 1.32. The number of hydrogen-bond donors (Lipinski definition) is 1. The third-order valence-electron chi connectivity index (χ3n) is 4.20. The highest BCUT2D eigenvalue weighted by Crippen LogP contribution is 2.18. The summed E-state index contributed by atoms with van der Waals surface area (Å²) in [7, 11) is 1.97. The number of carbonyl (C=O) groups is 1. The summed E-state index contributed by atoms with van der Waals surface area (Å²) < 4.78 is 0. The Hall–Kier alpha value is -0.610. The summed E-state index contributed by atoms with van der Waals surface area (Å²) in [5.74, 6) is 0.274. The zero-order valence-electron chi connectivity index (χ0n) is 13.3. The Morgan fingerprint density at radius 3 is 2.37 bits per heavy atom. The Bertz CT molecular complexity index is 273. The molecule has 112 valence electrons. The van der Waals surface area contributed by atoms with E-state index in [9.17, 15) is 4.79 Å². The van der Waals surface area contributed by atoms with Crippen molar-refractivity contribution in [3.05, 3.63) is 0 Å². The van der Waals surface area contributed by atoms with Gasteiger partial charge in [0.15, 0.2) is 0 Å². The SMILES string of the molecule is CCNC(C)CC(=O)N(C)C1CCN(C(C)C)CC1. The molecule has 19 heavy (non-hydrogen) atoms. The lowest BCUT2D eigenvalue weighted by Gasteiger charge is -2.38. The summed E-state index contributed by atoms with van der Waals surface area (Å²) >= 11 is 0. The van der Waals surface area contributed by atoms with Crippen molar-refractivity contribution in [2.24, 2.45) is 0 Å². The zero-order valence-corrected chi connectivity index (χ0v) is 13.3. The van der Waals surface area contributed by atoms with Crippen molar-refractivity contribution >= 4 is 5.91 Å².